The summed E-state index contributed by atoms with van der Waals surface area (Å²) >= 11 is 5.96. The summed E-state index contributed by atoms with van der Waals surface area (Å²) in [5.74, 6) is 1.54. The van der Waals surface area contributed by atoms with Gasteiger partial charge >= 0.3 is 0 Å². The van der Waals surface area contributed by atoms with Gasteiger partial charge in [0.05, 0.1) is 11.7 Å². The number of aliphatic hydroxyl groups is 1. The molecule has 0 amide bonds. The van der Waals surface area contributed by atoms with Gasteiger partial charge in [0.25, 0.3) is 0 Å². The lowest BCUT2D eigenvalue weighted by molar-refractivity contribution is 0.0225. The summed E-state index contributed by atoms with van der Waals surface area (Å²) in [4.78, 5) is 7.01. The molecule has 1 aromatic heterocycles. The van der Waals surface area contributed by atoms with Gasteiger partial charge in [0, 0.05) is 29.2 Å². The number of hydrogen-bond donors (Lipinski definition) is 1. The minimum Gasteiger partial charge on any atom is -0.439 e. The summed E-state index contributed by atoms with van der Waals surface area (Å²) in [6.45, 7) is 8.33. The lowest BCUT2D eigenvalue weighted by atomic mass is 9.82. The van der Waals surface area contributed by atoms with Gasteiger partial charge in [-0.15, -0.1) is 0 Å². The summed E-state index contributed by atoms with van der Waals surface area (Å²) in [6.07, 6.45) is 2.15. The van der Waals surface area contributed by atoms with Gasteiger partial charge in [-0.2, -0.15) is 0 Å². The van der Waals surface area contributed by atoms with Gasteiger partial charge in [-0.05, 0) is 57.5 Å². The van der Waals surface area contributed by atoms with Crippen LogP contribution in [-0.2, 0) is 0 Å². The Morgan fingerprint density at radius 2 is 2.08 bits per heavy atom. The second kappa shape index (κ2) is 6.87. The Kier molecular flexibility index (Phi) is 5.00. The second-order valence-electron chi connectivity index (χ2n) is 7.19. The molecule has 0 saturated carbocycles. The van der Waals surface area contributed by atoms with Crippen molar-refractivity contribution in [1.29, 1.82) is 0 Å². The molecule has 2 unspecified atom stereocenters. The fourth-order valence-electron chi connectivity index (χ4n) is 3.44. The quantitative estimate of drug-likeness (QED) is 0.886. The number of nitrogens with zero attached hydrogens (tertiary/aromatic N) is 2. The van der Waals surface area contributed by atoms with Crippen LogP contribution in [0.3, 0.4) is 0 Å². The summed E-state index contributed by atoms with van der Waals surface area (Å²) in [5.41, 5.74) is 1.84. The molecule has 4 nitrogen and oxygen atoms in total. The highest BCUT2D eigenvalue weighted by Crippen LogP contribution is 2.35. The first-order valence-electron chi connectivity index (χ1n) is 8.50. The van der Waals surface area contributed by atoms with E-state index < -0.39 is 0 Å². The molecule has 1 N–H and O–H groups in total. The van der Waals surface area contributed by atoms with Crippen molar-refractivity contribution >= 4 is 11.6 Å². The van der Waals surface area contributed by atoms with Crippen LogP contribution in [0, 0.1) is 12.3 Å². The molecule has 1 fully saturated rings. The van der Waals surface area contributed by atoms with Crippen molar-refractivity contribution in [3.8, 4) is 11.3 Å². The number of likely N-dealkylation sites (tertiary alicyclic amines) is 1. The molecule has 1 aliphatic heterocycles. The van der Waals surface area contributed by atoms with Crippen molar-refractivity contribution in [3.05, 3.63) is 40.9 Å². The number of halogens is 1. The maximum absolute atomic E-state index is 9.66. The van der Waals surface area contributed by atoms with Crippen LogP contribution in [0.15, 0.2) is 28.7 Å². The van der Waals surface area contributed by atoms with E-state index >= 15 is 0 Å². The SMILES string of the molecule is Cc1nc(C(C)N2CCCC(C)(CO)C2)oc1-c1ccc(Cl)cc1. The average molecular weight is 349 g/mol. The van der Waals surface area contributed by atoms with E-state index in [1.54, 1.807) is 0 Å². The van der Waals surface area contributed by atoms with E-state index in [-0.39, 0.29) is 18.1 Å². The minimum absolute atomic E-state index is 0.0346. The molecule has 130 valence electrons. The van der Waals surface area contributed by atoms with Gasteiger partial charge < -0.3 is 9.52 Å². The Morgan fingerprint density at radius 3 is 2.75 bits per heavy atom. The van der Waals surface area contributed by atoms with Gasteiger partial charge in [-0.25, -0.2) is 4.98 Å². The van der Waals surface area contributed by atoms with Crippen LogP contribution in [0.1, 0.15) is 44.3 Å². The highest BCUT2D eigenvalue weighted by Gasteiger charge is 2.34. The summed E-state index contributed by atoms with van der Waals surface area (Å²) < 4.78 is 6.10. The molecule has 2 heterocycles. The molecule has 1 aromatic carbocycles. The molecule has 2 atom stereocenters. The molecule has 0 radical (unpaired) electrons. The number of hydrogen-bond acceptors (Lipinski definition) is 4. The van der Waals surface area contributed by atoms with E-state index in [2.05, 4.69) is 23.7 Å². The number of piperidine rings is 1. The highest BCUT2D eigenvalue weighted by atomic mass is 35.5. The van der Waals surface area contributed by atoms with Gasteiger partial charge in [-0.1, -0.05) is 18.5 Å². The van der Waals surface area contributed by atoms with Crippen molar-refractivity contribution in [1.82, 2.24) is 9.88 Å². The molecule has 0 bridgehead atoms. The first kappa shape index (κ1) is 17.5. The van der Waals surface area contributed by atoms with Crippen molar-refractivity contribution in [2.24, 2.45) is 5.41 Å². The lowest BCUT2D eigenvalue weighted by Gasteiger charge is -2.41. The van der Waals surface area contributed by atoms with E-state index in [4.69, 9.17) is 16.0 Å². The maximum atomic E-state index is 9.66. The number of aryl methyl sites for hydroxylation is 1. The van der Waals surface area contributed by atoms with Crippen LogP contribution in [0.5, 0.6) is 0 Å². The van der Waals surface area contributed by atoms with Crippen LogP contribution in [0.25, 0.3) is 11.3 Å². The third-order valence-electron chi connectivity index (χ3n) is 5.02. The first-order chi connectivity index (χ1) is 11.4. The van der Waals surface area contributed by atoms with Crippen LogP contribution in [-0.4, -0.2) is 34.7 Å². The lowest BCUT2D eigenvalue weighted by Crippen LogP contribution is -2.44. The Bertz CT molecular complexity index is 698. The molecule has 1 saturated heterocycles. The predicted octanol–water partition coefficient (Wildman–Crippen LogP) is 4.46. The van der Waals surface area contributed by atoms with E-state index in [9.17, 15) is 5.11 Å². The van der Waals surface area contributed by atoms with E-state index in [1.165, 1.54) is 0 Å². The smallest absolute Gasteiger partial charge is 0.212 e. The van der Waals surface area contributed by atoms with Crippen molar-refractivity contribution in [2.75, 3.05) is 19.7 Å². The minimum atomic E-state index is -0.0346. The van der Waals surface area contributed by atoms with E-state index in [0.717, 1.165) is 48.8 Å². The Labute approximate surface area is 148 Å². The van der Waals surface area contributed by atoms with Crippen LogP contribution >= 0.6 is 11.6 Å². The summed E-state index contributed by atoms with van der Waals surface area (Å²) in [7, 11) is 0. The van der Waals surface area contributed by atoms with Crippen LogP contribution in [0.4, 0.5) is 0 Å². The van der Waals surface area contributed by atoms with Gasteiger partial charge in [-0.3, -0.25) is 4.90 Å². The van der Waals surface area contributed by atoms with E-state index in [0.29, 0.717) is 5.02 Å². The van der Waals surface area contributed by atoms with Gasteiger partial charge in [0.1, 0.15) is 0 Å². The van der Waals surface area contributed by atoms with Gasteiger partial charge in [0.15, 0.2) is 5.76 Å². The fourth-order valence-corrected chi connectivity index (χ4v) is 3.56. The number of rotatable bonds is 4. The third-order valence-corrected chi connectivity index (χ3v) is 5.27. The molecule has 3 rings (SSSR count). The van der Waals surface area contributed by atoms with Crippen molar-refractivity contribution in [2.45, 2.75) is 39.7 Å². The molecule has 0 aliphatic carbocycles. The normalized spacial score (nSPS) is 23.4. The topological polar surface area (TPSA) is 49.5 Å². The zero-order valence-corrected chi connectivity index (χ0v) is 15.3. The molecular formula is C19H25ClN2O2. The fraction of sp³-hybridized carbons (Fsp3) is 0.526. The number of aromatic nitrogens is 1. The largest absolute Gasteiger partial charge is 0.439 e. The number of aliphatic hydroxyl groups excluding tert-OH is 1. The predicted molar refractivity (Wildman–Crippen MR) is 96.1 cm³/mol. The maximum Gasteiger partial charge on any atom is 0.212 e. The number of oxazole rings is 1. The first-order valence-corrected chi connectivity index (χ1v) is 8.88. The van der Waals surface area contributed by atoms with Crippen molar-refractivity contribution in [3.63, 3.8) is 0 Å². The Hall–Kier alpha value is -1.36. The standard InChI is InChI=1S/C19H25ClN2O2/c1-13-17(15-5-7-16(20)8-6-15)24-18(21-13)14(2)22-10-4-9-19(3,11-22)12-23/h5-8,14,23H,4,9-12H2,1-3H3. The third kappa shape index (κ3) is 3.51. The zero-order valence-electron chi connectivity index (χ0n) is 14.6. The molecular weight excluding hydrogens is 324 g/mol. The zero-order chi connectivity index (χ0) is 17.3. The highest BCUT2D eigenvalue weighted by molar-refractivity contribution is 6.30. The summed E-state index contributed by atoms with van der Waals surface area (Å²) in [5, 5.41) is 10.4. The summed E-state index contributed by atoms with van der Waals surface area (Å²) in [6, 6.07) is 7.72. The second-order valence-corrected chi connectivity index (χ2v) is 7.63. The van der Waals surface area contributed by atoms with Gasteiger partial charge in [0.2, 0.25) is 5.89 Å². The molecule has 2 aromatic rings. The monoisotopic (exact) mass is 348 g/mol. The molecule has 1 aliphatic rings. The molecule has 5 heteroatoms. The van der Waals surface area contributed by atoms with Crippen molar-refractivity contribution < 1.29 is 9.52 Å². The van der Waals surface area contributed by atoms with Crippen LogP contribution in [0.2, 0.25) is 5.02 Å². The Morgan fingerprint density at radius 1 is 1.38 bits per heavy atom. The number of benzene rings is 1. The molecule has 0 spiro atoms. The van der Waals surface area contributed by atoms with E-state index in [1.807, 2.05) is 31.2 Å². The Balaban J connectivity index is 1.82. The van der Waals surface area contributed by atoms with Crippen LogP contribution < -0.4 is 0 Å². The average Bonchev–Trinajstić information content (AvgIpc) is 2.97. The molecule has 24 heavy (non-hydrogen) atoms.